The molecule has 6 heteroatoms. The molecule has 0 unspecified atom stereocenters. The van der Waals surface area contributed by atoms with E-state index in [0.717, 1.165) is 11.3 Å². The number of hydrogen-bond donors (Lipinski definition) is 2. The molecule has 0 aliphatic heterocycles. The van der Waals surface area contributed by atoms with Crippen LogP contribution in [0.4, 0.5) is 4.39 Å². The van der Waals surface area contributed by atoms with Crippen molar-refractivity contribution in [2.45, 2.75) is 19.6 Å². The molecule has 0 aliphatic rings. The van der Waals surface area contributed by atoms with E-state index in [1.165, 1.54) is 12.1 Å². The molecular weight excluding hydrogens is 235 g/mol. The molecule has 5 nitrogen and oxygen atoms in total. The number of rotatable bonds is 6. The summed E-state index contributed by atoms with van der Waals surface area (Å²) in [5, 5.41) is 19.7. The fraction of sp³-hybridized carbons (Fsp3) is 0.333. The van der Waals surface area contributed by atoms with E-state index in [2.05, 4.69) is 15.6 Å². The molecule has 18 heavy (non-hydrogen) atoms. The number of aromatic nitrogens is 3. The Balaban J connectivity index is 1.81. The molecule has 1 aromatic carbocycles. The summed E-state index contributed by atoms with van der Waals surface area (Å²) in [5.74, 6) is -0.233. The Bertz CT molecular complexity index is 500. The molecule has 96 valence electrons. The second-order valence-corrected chi connectivity index (χ2v) is 3.93. The lowest BCUT2D eigenvalue weighted by Crippen LogP contribution is -2.13. The molecule has 0 atom stereocenters. The molecule has 0 fully saturated rings. The van der Waals surface area contributed by atoms with Crippen molar-refractivity contribution in [2.75, 3.05) is 6.61 Å². The van der Waals surface area contributed by atoms with Gasteiger partial charge in [0.25, 0.3) is 0 Å². The zero-order chi connectivity index (χ0) is 12.8. The van der Waals surface area contributed by atoms with E-state index in [9.17, 15) is 4.39 Å². The van der Waals surface area contributed by atoms with Crippen molar-refractivity contribution >= 4 is 0 Å². The van der Waals surface area contributed by atoms with Crippen LogP contribution in [0.1, 0.15) is 11.3 Å². The number of aliphatic hydroxyl groups excluding tert-OH is 1. The molecule has 0 aliphatic carbocycles. The lowest BCUT2D eigenvalue weighted by Gasteiger charge is -2.02. The van der Waals surface area contributed by atoms with E-state index in [0.29, 0.717) is 19.6 Å². The summed E-state index contributed by atoms with van der Waals surface area (Å²) in [6.45, 7) is 1.61. The zero-order valence-corrected chi connectivity index (χ0v) is 9.88. The number of halogens is 1. The first kappa shape index (κ1) is 12.7. The van der Waals surface area contributed by atoms with Gasteiger partial charge in [0.2, 0.25) is 0 Å². The van der Waals surface area contributed by atoms with E-state index in [-0.39, 0.29) is 12.4 Å². The third-order valence-corrected chi connectivity index (χ3v) is 2.44. The van der Waals surface area contributed by atoms with E-state index < -0.39 is 0 Å². The van der Waals surface area contributed by atoms with Crippen molar-refractivity contribution in [1.29, 1.82) is 0 Å². The minimum absolute atomic E-state index is 0.0412. The van der Waals surface area contributed by atoms with Crippen LogP contribution in [0.15, 0.2) is 30.5 Å². The Morgan fingerprint density at radius 2 is 2.22 bits per heavy atom. The van der Waals surface area contributed by atoms with Crippen LogP contribution in [0, 0.1) is 5.82 Å². The molecule has 2 N–H and O–H groups in total. The number of aliphatic hydroxyl groups is 1. The molecule has 0 bridgehead atoms. The quantitative estimate of drug-likeness (QED) is 0.792. The number of nitrogens with zero attached hydrogens (tertiary/aromatic N) is 3. The van der Waals surface area contributed by atoms with Crippen molar-refractivity contribution in [3.05, 3.63) is 47.5 Å². The van der Waals surface area contributed by atoms with E-state index >= 15 is 0 Å². The van der Waals surface area contributed by atoms with Gasteiger partial charge in [-0.25, -0.2) is 9.07 Å². The maximum atomic E-state index is 12.9. The molecule has 0 spiro atoms. The van der Waals surface area contributed by atoms with Crippen molar-refractivity contribution in [3.8, 4) is 0 Å². The fourth-order valence-electron chi connectivity index (χ4n) is 1.61. The van der Waals surface area contributed by atoms with Crippen molar-refractivity contribution in [2.24, 2.45) is 0 Å². The molecule has 0 saturated carbocycles. The van der Waals surface area contributed by atoms with Gasteiger partial charge < -0.3 is 10.4 Å². The average Bonchev–Trinajstić information content (AvgIpc) is 2.78. The van der Waals surface area contributed by atoms with Gasteiger partial charge in [0.05, 0.1) is 18.8 Å². The summed E-state index contributed by atoms with van der Waals surface area (Å²) in [6.07, 6.45) is 1.77. The summed E-state index contributed by atoms with van der Waals surface area (Å²) in [6, 6.07) is 6.46. The van der Waals surface area contributed by atoms with Crippen molar-refractivity contribution < 1.29 is 9.50 Å². The summed E-state index contributed by atoms with van der Waals surface area (Å²) in [5.41, 5.74) is 1.68. The smallest absolute Gasteiger partial charge is 0.123 e. The highest BCUT2D eigenvalue weighted by Crippen LogP contribution is 2.03. The Morgan fingerprint density at radius 1 is 1.33 bits per heavy atom. The first-order valence-electron chi connectivity index (χ1n) is 5.73. The van der Waals surface area contributed by atoms with Gasteiger partial charge in [0, 0.05) is 19.3 Å². The first-order chi connectivity index (χ1) is 8.78. The summed E-state index contributed by atoms with van der Waals surface area (Å²) in [4.78, 5) is 0. The van der Waals surface area contributed by atoms with Crippen LogP contribution in [-0.2, 0) is 19.6 Å². The molecule has 2 rings (SSSR count). The second kappa shape index (κ2) is 6.23. The van der Waals surface area contributed by atoms with E-state index in [1.807, 2.05) is 6.07 Å². The van der Waals surface area contributed by atoms with E-state index in [1.54, 1.807) is 16.9 Å². The third-order valence-electron chi connectivity index (χ3n) is 2.44. The van der Waals surface area contributed by atoms with Crippen LogP contribution in [0.3, 0.4) is 0 Å². The molecular formula is C12H15FN4O. The molecule has 0 saturated heterocycles. The van der Waals surface area contributed by atoms with Crippen molar-refractivity contribution in [1.82, 2.24) is 20.3 Å². The van der Waals surface area contributed by atoms with Crippen LogP contribution in [0.5, 0.6) is 0 Å². The Hall–Kier alpha value is -1.79. The largest absolute Gasteiger partial charge is 0.394 e. The zero-order valence-electron chi connectivity index (χ0n) is 9.88. The minimum atomic E-state index is -0.233. The Labute approximate surface area is 104 Å². The van der Waals surface area contributed by atoms with Gasteiger partial charge in [-0.05, 0) is 17.7 Å². The summed E-state index contributed by atoms with van der Waals surface area (Å²) in [7, 11) is 0. The highest BCUT2D eigenvalue weighted by atomic mass is 19.1. The Kier molecular flexibility index (Phi) is 4.38. The van der Waals surface area contributed by atoms with Gasteiger partial charge in [-0.3, -0.25) is 0 Å². The Morgan fingerprint density at radius 3 is 3.00 bits per heavy atom. The predicted octanol–water partition coefficient (Wildman–Crippen LogP) is 0.699. The second-order valence-electron chi connectivity index (χ2n) is 3.93. The van der Waals surface area contributed by atoms with Crippen LogP contribution >= 0.6 is 0 Å². The lowest BCUT2D eigenvalue weighted by atomic mass is 10.2. The number of hydrogen-bond acceptors (Lipinski definition) is 4. The molecule has 1 heterocycles. The molecule has 0 radical (unpaired) electrons. The maximum Gasteiger partial charge on any atom is 0.123 e. The highest BCUT2D eigenvalue weighted by Gasteiger charge is 2.00. The number of benzene rings is 1. The third kappa shape index (κ3) is 3.61. The standard InChI is InChI=1S/C12H15FN4O/c13-11-3-1-2-10(6-11)7-14-8-12-9-17(4-5-18)16-15-12/h1-3,6,9,14,18H,4-5,7-8H2. The lowest BCUT2D eigenvalue weighted by molar-refractivity contribution is 0.268. The normalized spacial score (nSPS) is 10.8. The molecule has 2 aromatic rings. The van der Waals surface area contributed by atoms with Gasteiger partial charge in [0.1, 0.15) is 5.82 Å². The van der Waals surface area contributed by atoms with Gasteiger partial charge in [0.15, 0.2) is 0 Å². The summed E-state index contributed by atoms with van der Waals surface area (Å²) < 4.78 is 14.5. The number of nitrogens with one attached hydrogen (secondary N) is 1. The maximum absolute atomic E-state index is 12.9. The van der Waals surface area contributed by atoms with Gasteiger partial charge in [-0.1, -0.05) is 17.3 Å². The first-order valence-corrected chi connectivity index (χ1v) is 5.73. The van der Waals surface area contributed by atoms with Crippen LogP contribution in [0.25, 0.3) is 0 Å². The summed E-state index contributed by atoms with van der Waals surface area (Å²) >= 11 is 0. The van der Waals surface area contributed by atoms with Gasteiger partial charge in [-0.2, -0.15) is 0 Å². The van der Waals surface area contributed by atoms with E-state index in [4.69, 9.17) is 5.11 Å². The van der Waals surface area contributed by atoms with Gasteiger partial charge >= 0.3 is 0 Å². The monoisotopic (exact) mass is 250 g/mol. The van der Waals surface area contributed by atoms with Crippen LogP contribution < -0.4 is 5.32 Å². The SMILES string of the molecule is OCCn1cc(CNCc2cccc(F)c2)nn1. The predicted molar refractivity (Wildman–Crippen MR) is 64.1 cm³/mol. The van der Waals surface area contributed by atoms with Crippen LogP contribution in [0.2, 0.25) is 0 Å². The van der Waals surface area contributed by atoms with Gasteiger partial charge in [-0.15, -0.1) is 5.10 Å². The fourth-order valence-corrected chi connectivity index (χ4v) is 1.61. The molecule has 1 aromatic heterocycles. The van der Waals surface area contributed by atoms with Crippen LogP contribution in [-0.4, -0.2) is 26.7 Å². The van der Waals surface area contributed by atoms with Crippen molar-refractivity contribution in [3.63, 3.8) is 0 Å². The minimum Gasteiger partial charge on any atom is -0.394 e. The average molecular weight is 250 g/mol. The highest BCUT2D eigenvalue weighted by molar-refractivity contribution is 5.16. The molecule has 0 amide bonds. The topological polar surface area (TPSA) is 63.0 Å².